The molecule has 21 heavy (non-hydrogen) atoms. The second-order valence-corrected chi connectivity index (χ2v) is 5.00. The highest BCUT2D eigenvalue weighted by molar-refractivity contribution is 5.71. The van der Waals surface area contributed by atoms with Gasteiger partial charge in [0.1, 0.15) is 0 Å². The Hall–Kier alpha value is -2.09. The fourth-order valence-electron chi connectivity index (χ4n) is 2.44. The van der Waals surface area contributed by atoms with Crippen molar-refractivity contribution in [1.29, 1.82) is 0 Å². The molecule has 0 saturated carbocycles. The molecule has 1 aliphatic heterocycles. The lowest BCUT2D eigenvalue weighted by molar-refractivity contribution is 0.0994. The lowest BCUT2D eigenvalue weighted by atomic mass is 10.1. The number of aryl methyl sites for hydroxylation is 1. The van der Waals surface area contributed by atoms with E-state index in [9.17, 15) is 8.78 Å². The van der Waals surface area contributed by atoms with Crippen LogP contribution in [-0.2, 0) is 11.3 Å². The molecule has 8 heteroatoms. The van der Waals surface area contributed by atoms with Crippen molar-refractivity contribution in [1.82, 2.24) is 20.2 Å². The predicted octanol–water partition coefficient (Wildman–Crippen LogP) is 1.77. The van der Waals surface area contributed by atoms with E-state index in [1.807, 2.05) is 0 Å². The first-order valence-electron chi connectivity index (χ1n) is 6.78. The number of ether oxygens (including phenoxy) is 1. The largest absolute Gasteiger partial charge is 0.398 e. The average Bonchev–Trinajstić information content (AvgIpc) is 3.11. The van der Waals surface area contributed by atoms with Gasteiger partial charge in [-0.3, -0.25) is 0 Å². The van der Waals surface area contributed by atoms with E-state index in [1.165, 1.54) is 4.68 Å². The summed E-state index contributed by atoms with van der Waals surface area (Å²) in [7, 11) is 0. The van der Waals surface area contributed by atoms with Crippen molar-refractivity contribution < 1.29 is 13.5 Å². The molecule has 0 amide bonds. The molecule has 112 valence electrons. The summed E-state index contributed by atoms with van der Waals surface area (Å²) < 4.78 is 33.6. The van der Waals surface area contributed by atoms with Gasteiger partial charge < -0.3 is 10.5 Å². The number of hydrogen-bond donors (Lipinski definition) is 1. The van der Waals surface area contributed by atoms with Gasteiger partial charge in [0, 0.05) is 30.5 Å². The molecular weight excluding hydrogens is 280 g/mol. The molecule has 1 aliphatic rings. The molecule has 6 nitrogen and oxygen atoms in total. The second kappa shape index (κ2) is 5.72. The van der Waals surface area contributed by atoms with Crippen molar-refractivity contribution in [3.8, 4) is 11.4 Å². The minimum atomic E-state index is -0.991. The van der Waals surface area contributed by atoms with Gasteiger partial charge in [0.2, 0.25) is 0 Å². The van der Waals surface area contributed by atoms with Crippen LogP contribution in [0.1, 0.15) is 19.3 Å². The standard InChI is InChI=1S/C13H15F2N5O/c14-10-6-9(12(16)7-11(10)15)13-17-18-19-20(13)4-3-8-2-1-5-21-8/h6-8H,1-5,16H2. The molecule has 3 rings (SSSR count). The molecule has 0 bridgehead atoms. The topological polar surface area (TPSA) is 78.9 Å². The highest BCUT2D eigenvalue weighted by Gasteiger charge is 2.19. The van der Waals surface area contributed by atoms with Gasteiger partial charge in [-0.2, -0.15) is 0 Å². The fourth-order valence-corrected chi connectivity index (χ4v) is 2.44. The van der Waals surface area contributed by atoms with Gasteiger partial charge in [0.05, 0.1) is 6.10 Å². The zero-order valence-electron chi connectivity index (χ0n) is 11.3. The highest BCUT2D eigenvalue weighted by atomic mass is 19.2. The lowest BCUT2D eigenvalue weighted by Crippen LogP contribution is -2.12. The Morgan fingerprint density at radius 1 is 1.33 bits per heavy atom. The Kier molecular flexibility index (Phi) is 3.78. The molecule has 0 spiro atoms. The van der Waals surface area contributed by atoms with E-state index in [0.29, 0.717) is 12.4 Å². The molecule has 1 fully saturated rings. The maximum atomic E-state index is 13.4. The van der Waals surface area contributed by atoms with Crippen molar-refractivity contribution in [3.05, 3.63) is 23.8 Å². The van der Waals surface area contributed by atoms with Crippen LogP contribution in [0.3, 0.4) is 0 Å². The van der Waals surface area contributed by atoms with Gasteiger partial charge in [-0.25, -0.2) is 13.5 Å². The second-order valence-electron chi connectivity index (χ2n) is 5.00. The van der Waals surface area contributed by atoms with E-state index in [-0.39, 0.29) is 17.4 Å². The molecule has 1 saturated heterocycles. The zero-order valence-corrected chi connectivity index (χ0v) is 11.3. The minimum absolute atomic E-state index is 0.0991. The summed E-state index contributed by atoms with van der Waals surface area (Å²) >= 11 is 0. The van der Waals surface area contributed by atoms with E-state index < -0.39 is 11.6 Å². The summed E-state index contributed by atoms with van der Waals surface area (Å²) in [6.07, 6.45) is 3.04. The summed E-state index contributed by atoms with van der Waals surface area (Å²) in [5.74, 6) is -1.65. The van der Waals surface area contributed by atoms with Crippen molar-refractivity contribution in [3.63, 3.8) is 0 Å². The number of halogens is 2. The number of benzene rings is 1. The van der Waals surface area contributed by atoms with E-state index in [2.05, 4.69) is 15.5 Å². The summed E-state index contributed by atoms with van der Waals surface area (Å²) in [6.45, 7) is 1.31. The Labute approximate surface area is 119 Å². The highest BCUT2D eigenvalue weighted by Crippen LogP contribution is 2.26. The third-order valence-electron chi connectivity index (χ3n) is 3.55. The van der Waals surface area contributed by atoms with E-state index in [0.717, 1.165) is 38.0 Å². The molecule has 0 aliphatic carbocycles. The number of nitrogens with two attached hydrogens (primary N) is 1. The van der Waals surface area contributed by atoms with Crippen LogP contribution >= 0.6 is 0 Å². The molecule has 2 heterocycles. The van der Waals surface area contributed by atoms with Crippen LogP contribution in [0.4, 0.5) is 14.5 Å². The van der Waals surface area contributed by atoms with Crippen LogP contribution in [0.2, 0.25) is 0 Å². The van der Waals surface area contributed by atoms with Crippen LogP contribution in [0.15, 0.2) is 12.1 Å². The Morgan fingerprint density at radius 3 is 2.90 bits per heavy atom. The quantitative estimate of drug-likeness (QED) is 0.870. The van der Waals surface area contributed by atoms with E-state index in [1.54, 1.807) is 0 Å². The summed E-state index contributed by atoms with van der Waals surface area (Å²) in [5, 5.41) is 11.3. The molecule has 1 aromatic heterocycles. The van der Waals surface area contributed by atoms with Gasteiger partial charge in [0.15, 0.2) is 17.5 Å². The van der Waals surface area contributed by atoms with Crippen LogP contribution in [0.25, 0.3) is 11.4 Å². The SMILES string of the molecule is Nc1cc(F)c(F)cc1-c1nnnn1CCC1CCCO1. The van der Waals surface area contributed by atoms with E-state index in [4.69, 9.17) is 10.5 Å². The van der Waals surface area contributed by atoms with Crippen LogP contribution < -0.4 is 5.73 Å². The number of nitrogens with zero attached hydrogens (tertiary/aromatic N) is 4. The van der Waals surface area contributed by atoms with Gasteiger partial charge in [0.25, 0.3) is 0 Å². The van der Waals surface area contributed by atoms with Gasteiger partial charge in [-0.1, -0.05) is 0 Å². The van der Waals surface area contributed by atoms with E-state index >= 15 is 0 Å². The summed E-state index contributed by atoms with van der Waals surface area (Å²) in [4.78, 5) is 0. The zero-order chi connectivity index (χ0) is 14.8. The number of aromatic nitrogens is 4. The first kappa shape index (κ1) is 13.9. The lowest BCUT2D eigenvalue weighted by Gasteiger charge is -2.10. The monoisotopic (exact) mass is 295 g/mol. The van der Waals surface area contributed by atoms with Crippen molar-refractivity contribution in [2.45, 2.75) is 31.9 Å². The number of rotatable bonds is 4. The Morgan fingerprint density at radius 2 is 2.14 bits per heavy atom. The Balaban J connectivity index is 1.83. The Bertz CT molecular complexity index is 639. The van der Waals surface area contributed by atoms with Gasteiger partial charge in [-0.05, 0) is 35.8 Å². The van der Waals surface area contributed by atoms with Crippen LogP contribution in [0, 0.1) is 11.6 Å². The first-order chi connectivity index (χ1) is 10.1. The van der Waals surface area contributed by atoms with Crippen molar-refractivity contribution in [2.24, 2.45) is 0 Å². The molecule has 1 unspecified atom stereocenters. The molecule has 0 radical (unpaired) electrons. The number of tetrazole rings is 1. The third kappa shape index (κ3) is 2.85. The van der Waals surface area contributed by atoms with Crippen LogP contribution in [-0.4, -0.2) is 32.9 Å². The molecule has 1 atom stereocenters. The fraction of sp³-hybridized carbons (Fsp3) is 0.462. The molecule has 2 aromatic rings. The van der Waals surface area contributed by atoms with Gasteiger partial charge in [-0.15, -0.1) is 5.10 Å². The van der Waals surface area contributed by atoms with Gasteiger partial charge >= 0.3 is 0 Å². The number of hydrogen-bond acceptors (Lipinski definition) is 5. The third-order valence-corrected chi connectivity index (χ3v) is 3.55. The minimum Gasteiger partial charge on any atom is -0.398 e. The maximum Gasteiger partial charge on any atom is 0.184 e. The average molecular weight is 295 g/mol. The molecule has 1 aromatic carbocycles. The molecular formula is C13H15F2N5O. The number of anilines is 1. The maximum absolute atomic E-state index is 13.4. The van der Waals surface area contributed by atoms with Crippen LogP contribution in [0.5, 0.6) is 0 Å². The molecule has 2 N–H and O–H groups in total. The summed E-state index contributed by atoms with van der Waals surface area (Å²) in [6, 6.07) is 1.95. The normalized spacial score (nSPS) is 18.3. The van der Waals surface area contributed by atoms with Crippen molar-refractivity contribution in [2.75, 3.05) is 12.3 Å². The first-order valence-corrected chi connectivity index (χ1v) is 6.78. The smallest absolute Gasteiger partial charge is 0.184 e. The number of nitrogen functional groups attached to an aromatic ring is 1. The predicted molar refractivity (Wildman–Crippen MR) is 71.2 cm³/mol. The summed E-state index contributed by atoms with van der Waals surface area (Å²) in [5.41, 5.74) is 6.11. The van der Waals surface area contributed by atoms with Crippen molar-refractivity contribution >= 4 is 5.69 Å².